The molecule has 0 saturated carbocycles. The summed E-state index contributed by atoms with van der Waals surface area (Å²) in [5.41, 5.74) is 3.26. The standard InChI is InChI=1S/C13H17BrN4O/c1-9-13(14)11(18(2)17-9)8-15-6-10-4-5-12(19-3)16-7-10/h4-5,7,15H,6,8H2,1-3H3. The van der Waals surface area contributed by atoms with E-state index in [4.69, 9.17) is 4.74 Å². The van der Waals surface area contributed by atoms with E-state index in [1.165, 1.54) is 0 Å². The number of aryl methyl sites for hydroxylation is 2. The van der Waals surface area contributed by atoms with Gasteiger partial charge in [0.05, 0.1) is 23.0 Å². The van der Waals surface area contributed by atoms with Crippen molar-refractivity contribution in [3.63, 3.8) is 0 Å². The fourth-order valence-electron chi connectivity index (χ4n) is 1.83. The van der Waals surface area contributed by atoms with Crippen molar-refractivity contribution in [2.24, 2.45) is 7.05 Å². The van der Waals surface area contributed by atoms with Gasteiger partial charge in [-0.3, -0.25) is 4.68 Å². The molecule has 0 spiro atoms. The fourth-order valence-corrected chi connectivity index (χ4v) is 2.31. The number of halogens is 1. The van der Waals surface area contributed by atoms with Gasteiger partial charge < -0.3 is 10.1 Å². The maximum Gasteiger partial charge on any atom is 0.212 e. The molecule has 5 nitrogen and oxygen atoms in total. The Bertz CT molecular complexity index is 551. The lowest BCUT2D eigenvalue weighted by atomic mass is 10.3. The van der Waals surface area contributed by atoms with Gasteiger partial charge in [0.1, 0.15) is 0 Å². The lowest BCUT2D eigenvalue weighted by molar-refractivity contribution is 0.397. The van der Waals surface area contributed by atoms with Crippen molar-refractivity contribution in [1.29, 1.82) is 0 Å². The molecule has 0 radical (unpaired) electrons. The van der Waals surface area contributed by atoms with Crippen LogP contribution in [0.4, 0.5) is 0 Å². The van der Waals surface area contributed by atoms with Crippen molar-refractivity contribution in [3.05, 3.63) is 39.8 Å². The van der Waals surface area contributed by atoms with E-state index >= 15 is 0 Å². The van der Waals surface area contributed by atoms with Crippen molar-refractivity contribution >= 4 is 15.9 Å². The molecular formula is C13H17BrN4O. The Hall–Kier alpha value is -1.40. The molecule has 0 amide bonds. The van der Waals surface area contributed by atoms with Crippen LogP contribution in [0, 0.1) is 6.92 Å². The Kier molecular flexibility index (Phi) is 4.55. The van der Waals surface area contributed by atoms with Gasteiger partial charge in [0.25, 0.3) is 0 Å². The van der Waals surface area contributed by atoms with Gasteiger partial charge in [-0.25, -0.2) is 4.98 Å². The Morgan fingerprint density at radius 3 is 2.68 bits per heavy atom. The van der Waals surface area contributed by atoms with Crippen LogP contribution in [0.5, 0.6) is 5.88 Å². The maximum absolute atomic E-state index is 5.03. The zero-order chi connectivity index (χ0) is 13.8. The first-order valence-electron chi connectivity index (χ1n) is 5.99. The van der Waals surface area contributed by atoms with E-state index in [-0.39, 0.29) is 0 Å². The SMILES string of the molecule is COc1ccc(CNCc2c(Br)c(C)nn2C)cn1. The minimum absolute atomic E-state index is 0.633. The third-order valence-corrected chi connectivity index (χ3v) is 3.92. The number of hydrogen-bond donors (Lipinski definition) is 1. The molecular weight excluding hydrogens is 308 g/mol. The summed E-state index contributed by atoms with van der Waals surface area (Å²) in [6, 6.07) is 3.86. The molecule has 2 aromatic rings. The molecule has 0 unspecified atom stereocenters. The van der Waals surface area contributed by atoms with E-state index in [0.717, 1.165) is 34.5 Å². The highest BCUT2D eigenvalue weighted by Gasteiger charge is 2.09. The van der Waals surface area contributed by atoms with Gasteiger partial charge in [-0.1, -0.05) is 6.07 Å². The molecule has 2 heterocycles. The highest BCUT2D eigenvalue weighted by molar-refractivity contribution is 9.10. The summed E-state index contributed by atoms with van der Waals surface area (Å²) < 4.78 is 7.98. The Labute approximate surface area is 121 Å². The second kappa shape index (κ2) is 6.16. The first kappa shape index (κ1) is 14.0. The topological polar surface area (TPSA) is 52.0 Å². The Morgan fingerprint density at radius 1 is 1.37 bits per heavy atom. The molecule has 0 fully saturated rings. The third kappa shape index (κ3) is 3.33. The Balaban J connectivity index is 1.92. The lowest BCUT2D eigenvalue weighted by Gasteiger charge is -2.06. The highest BCUT2D eigenvalue weighted by Crippen LogP contribution is 2.19. The number of hydrogen-bond acceptors (Lipinski definition) is 4. The van der Waals surface area contributed by atoms with Crippen LogP contribution in [0.15, 0.2) is 22.8 Å². The van der Waals surface area contributed by atoms with E-state index in [2.05, 4.69) is 31.3 Å². The molecule has 0 aliphatic rings. The van der Waals surface area contributed by atoms with Crippen LogP contribution in [0.1, 0.15) is 17.0 Å². The molecule has 0 aromatic carbocycles. The quantitative estimate of drug-likeness (QED) is 0.916. The first-order chi connectivity index (χ1) is 9.11. The van der Waals surface area contributed by atoms with Crippen molar-refractivity contribution in [2.45, 2.75) is 20.0 Å². The van der Waals surface area contributed by atoms with Crippen molar-refractivity contribution in [3.8, 4) is 5.88 Å². The minimum atomic E-state index is 0.633. The largest absolute Gasteiger partial charge is 0.481 e. The van der Waals surface area contributed by atoms with Gasteiger partial charge >= 0.3 is 0 Å². The maximum atomic E-state index is 5.03. The van der Waals surface area contributed by atoms with Gasteiger partial charge in [0.15, 0.2) is 0 Å². The molecule has 19 heavy (non-hydrogen) atoms. The normalized spacial score (nSPS) is 10.7. The second-order valence-electron chi connectivity index (χ2n) is 4.28. The predicted molar refractivity (Wildman–Crippen MR) is 77.0 cm³/mol. The molecule has 0 saturated heterocycles. The molecule has 2 aromatic heterocycles. The minimum Gasteiger partial charge on any atom is -0.481 e. The molecule has 102 valence electrons. The highest BCUT2D eigenvalue weighted by atomic mass is 79.9. The van der Waals surface area contributed by atoms with Gasteiger partial charge in [-0.2, -0.15) is 5.10 Å². The summed E-state index contributed by atoms with van der Waals surface area (Å²) in [5, 5.41) is 7.74. The van der Waals surface area contributed by atoms with Crippen molar-refractivity contribution in [2.75, 3.05) is 7.11 Å². The summed E-state index contributed by atoms with van der Waals surface area (Å²) in [4.78, 5) is 4.17. The summed E-state index contributed by atoms with van der Waals surface area (Å²) in [6.07, 6.45) is 1.81. The molecule has 0 aliphatic carbocycles. The molecule has 1 N–H and O–H groups in total. The fraction of sp³-hybridized carbons (Fsp3) is 0.385. The number of methoxy groups -OCH3 is 1. The van der Waals surface area contributed by atoms with Gasteiger partial charge in [0.2, 0.25) is 5.88 Å². The van der Waals surface area contributed by atoms with Crippen LogP contribution < -0.4 is 10.1 Å². The summed E-state index contributed by atoms with van der Waals surface area (Å²) in [7, 11) is 3.56. The zero-order valence-electron chi connectivity index (χ0n) is 11.3. The van der Waals surface area contributed by atoms with E-state index in [1.807, 2.05) is 37.0 Å². The average molecular weight is 325 g/mol. The summed E-state index contributed by atoms with van der Waals surface area (Å²) in [6.45, 7) is 3.50. The molecule has 6 heteroatoms. The monoisotopic (exact) mass is 324 g/mol. The molecule has 0 bridgehead atoms. The number of pyridine rings is 1. The van der Waals surface area contributed by atoms with Crippen LogP contribution in [-0.2, 0) is 20.1 Å². The lowest BCUT2D eigenvalue weighted by Crippen LogP contribution is -2.15. The van der Waals surface area contributed by atoms with Crippen LogP contribution in [0.25, 0.3) is 0 Å². The van der Waals surface area contributed by atoms with Gasteiger partial charge in [0, 0.05) is 32.4 Å². The second-order valence-corrected chi connectivity index (χ2v) is 5.08. The molecule has 0 atom stereocenters. The number of ether oxygens (including phenoxy) is 1. The third-order valence-electron chi connectivity index (χ3n) is 2.89. The number of nitrogens with one attached hydrogen (secondary N) is 1. The predicted octanol–water partition coefficient (Wildman–Crippen LogP) is 2.18. The smallest absolute Gasteiger partial charge is 0.212 e. The number of nitrogens with zero attached hydrogens (tertiary/aromatic N) is 3. The number of aromatic nitrogens is 3. The first-order valence-corrected chi connectivity index (χ1v) is 6.78. The van der Waals surface area contributed by atoms with E-state index in [9.17, 15) is 0 Å². The number of rotatable bonds is 5. The van der Waals surface area contributed by atoms with Crippen LogP contribution in [0.2, 0.25) is 0 Å². The molecule has 2 rings (SSSR count). The zero-order valence-corrected chi connectivity index (χ0v) is 12.9. The van der Waals surface area contributed by atoms with E-state index in [0.29, 0.717) is 5.88 Å². The van der Waals surface area contributed by atoms with Crippen molar-refractivity contribution in [1.82, 2.24) is 20.1 Å². The van der Waals surface area contributed by atoms with E-state index < -0.39 is 0 Å². The van der Waals surface area contributed by atoms with Crippen LogP contribution in [-0.4, -0.2) is 21.9 Å². The summed E-state index contributed by atoms with van der Waals surface area (Å²) >= 11 is 3.55. The van der Waals surface area contributed by atoms with Gasteiger partial charge in [-0.05, 0) is 28.4 Å². The van der Waals surface area contributed by atoms with Crippen molar-refractivity contribution < 1.29 is 4.74 Å². The van der Waals surface area contributed by atoms with E-state index in [1.54, 1.807) is 7.11 Å². The average Bonchev–Trinajstić information content (AvgIpc) is 2.66. The van der Waals surface area contributed by atoms with Crippen LogP contribution in [0.3, 0.4) is 0 Å². The Morgan fingerprint density at radius 2 is 2.16 bits per heavy atom. The molecule has 0 aliphatic heterocycles. The summed E-state index contributed by atoms with van der Waals surface area (Å²) in [5.74, 6) is 0.633. The van der Waals surface area contributed by atoms with Gasteiger partial charge in [-0.15, -0.1) is 0 Å². The van der Waals surface area contributed by atoms with Crippen LogP contribution >= 0.6 is 15.9 Å².